The molecular formula is C14H15Cl2NO4. The summed E-state index contributed by atoms with van der Waals surface area (Å²) in [7, 11) is 0. The second kappa shape index (κ2) is 8.54. The summed E-state index contributed by atoms with van der Waals surface area (Å²) in [5.41, 5.74) is 0. The quantitative estimate of drug-likeness (QED) is 0.718. The fraction of sp³-hybridized carbons (Fsp3) is 0.286. The number of halogens is 2. The van der Waals surface area contributed by atoms with Crippen LogP contribution in [0.2, 0.25) is 10.0 Å². The molecule has 1 amide bonds. The first kappa shape index (κ1) is 17.3. The first-order chi connectivity index (χ1) is 9.93. The van der Waals surface area contributed by atoms with Crippen LogP contribution in [0.15, 0.2) is 30.9 Å². The van der Waals surface area contributed by atoms with E-state index in [0.717, 1.165) is 0 Å². The average Bonchev–Trinajstić information content (AvgIpc) is 2.42. The summed E-state index contributed by atoms with van der Waals surface area (Å²) in [6, 6.07) is 3.78. The standard InChI is InChI=1S/C14H15Cl2NO4/c1-2-3-12(14(19)20)17-13(18)6-7-21-9-4-5-10(15)11(16)8-9/h2,4-5,8,12H,1,3,6-7H2,(H,17,18)(H,19,20). The van der Waals surface area contributed by atoms with Gasteiger partial charge in [-0.3, -0.25) is 4.79 Å². The Morgan fingerprint density at radius 3 is 2.67 bits per heavy atom. The highest BCUT2D eigenvalue weighted by atomic mass is 35.5. The summed E-state index contributed by atoms with van der Waals surface area (Å²) in [6.45, 7) is 3.55. The first-order valence-electron chi connectivity index (χ1n) is 6.15. The molecule has 0 aliphatic rings. The number of amides is 1. The molecule has 0 fully saturated rings. The molecule has 1 aromatic carbocycles. The van der Waals surface area contributed by atoms with Gasteiger partial charge in [0.15, 0.2) is 0 Å². The number of hydrogen-bond acceptors (Lipinski definition) is 3. The number of carboxylic acid groups (broad SMARTS) is 1. The minimum absolute atomic E-state index is 0.0289. The minimum Gasteiger partial charge on any atom is -0.493 e. The highest BCUT2D eigenvalue weighted by Crippen LogP contribution is 2.26. The lowest BCUT2D eigenvalue weighted by Gasteiger charge is -2.13. The van der Waals surface area contributed by atoms with E-state index in [9.17, 15) is 9.59 Å². The van der Waals surface area contributed by atoms with Crippen molar-refractivity contribution in [1.82, 2.24) is 5.32 Å². The molecule has 0 aromatic heterocycles. The number of aliphatic carboxylic acids is 1. The van der Waals surface area contributed by atoms with Crippen LogP contribution >= 0.6 is 23.2 Å². The summed E-state index contributed by atoms with van der Waals surface area (Å²) < 4.78 is 5.34. The van der Waals surface area contributed by atoms with Crippen molar-refractivity contribution in [2.24, 2.45) is 0 Å². The molecule has 114 valence electrons. The fourth-order valence-electron chi connectivity index (χ4n) is 1.48. The highest BCUT2D eigenvalue weighted by molar-refractivity contribution is 6.42. The van der Waals surface area contributed by atoms with E-state index in [1.807, 2.05) is 0 Å². The Morgan fingerprint density at radius 2 is 2.10 bits per heavy atom. The van der Waals surface area contributed by atoms with Crippen LogP contribution in [0.25, 0.3) is 0 Å². The molecule has 0 saturated carbocycles. The predicted molar refractivity (Wildman–Crippen MR) is 81.0 cm³/mol. The van der Waals surface area contributed by atoms with E-state index in [0.29, 0.717) is 15.8 Å². The number of carboxylic acids is 1. The highest BCUT2D eigenvalue weighted by Gasteiger charge is 2.17. The molecule has 1 rings (SSSR count). The van der Waals surface area contributed by atoms with Crippen molar-refractivity contribution in [2.75, 3.05) is 6.61 Å². The molecule has 1 atom stereocenters. The van der Waals surface area contributed by atoms with Crippen molar-refractivity contribution in [2.45, 2.75) is 18.9 Å². The van der Waals surface area contributed by atoms with Gasteiger partial charge in [-0.15, -0.1) is 6.58 Å². The number of benzene rings is 1. The van der Waals surface area contributed by atoms with Gasteiger partial charge in [-0.25, -0.2) is 4.79 Å². The fourth-order valence-corrected chi connectivity index (χ4v) is 1.77. The first-order valence-corrected chi connectivity index (χ1v) is 6.90. The lowest BCUT2D eigenvalue weighted by atomic mass is 10.2. The van der Waals surface area contributed by atoms with Gasteiger partial charge in [-0.1, -0.05) is 29.3 Å². The van der Waals surface area contributed by atoms with E-state index in [2.05, 4.69) is 11.9 Å². The number of hydrogen-bond donors (Lipinski definition) is 2. The van der Waals surface area contributed by atoms with Crippen molar-refractivity contribution in [3.63, 3.8) is 0 Å². The molecule has 21 heavy (non-hydrogen) atoms. The molecule has 0 bridgehead atoms. The maximum Gasteiger partial charge on any atom is 0.326 e. The van der Waals surface area contributed by atoms with Crippen LogP contribution in [0.4, 0.5) is 0 Å². The van der Waals surface area contributed by atoms with Crippen molar-refractivity contribution >= 4 is 35.1 Å². The van der Waals surface area contributed by atoms with Crippen molar-refractivity contribution < 1.29 is 19.4 Å². The zero-order chi connectivity index (χ0) is 15.8. The molecule has 1 aromatic rings. The summed E-state index contributed by atoms with van der Waals surface area (Å²) >= 11 is 11.6. The van der Waals surface area contributed by atoms with Crippen LogP contribution in [0, 0.1) is 0 Å². The van der Waals surface area contributed by atoms with Crippen LogP contribution in [0.3, 0.4) is 0 Å². The Labute approximate surface area is 132 Å². The normalized spacial score (nSPS) is 11.5. The lowest BCUT2D eigenvalue weighted by molar-refractivity contribution is -0.141. The maximum atomic E-state index is 11.6. The zero-order valence-electron chi connectivity index (χ0n) is 11.1. The van der Waals surface area contributed by atoms with E-state index >= 15 is 0 Å². The molecule has 7 heteroatoms. The van der Waals surface area contributed by atoms with Gasteiger partial charge in [-0.2, -0.15) is 0 Å². The van der Waals surface area contributed by atoms with Gasteiger partial charge in [0.25, 0.3) is 0 Å². The number of carbonyl (C=O) groups is 2. The third kappa shape index (κ3) is 6.06. The summed E-state index contributed by atoms with van der Waals surface area (Å²) in [6.07, 6.45) is 1.63. The second-order valence-electron chi connectivity index (χ2n) is 4.16. The summed E-state index contributed by atoms with van der Waals surface area (Å²) in [5, 5.41) is 12.0. The predicted octanol–water partition coefficient (Wildman–Crippen LogP) is 2.91. The van der Waals surface area contributed by atoms with Crippen LogP contribution in [-0.4, -0.2) is 29.6 Å². The van der Waals surface area contributed by atoms with Crippen LogP contribution in [0.1, 0.15) is 12.8 Å². The van der Waals surface area contributed by atoms with Gasteiger partial charge in [0.1, 0.15) is 11.8 Å². The van der Waals surface area contributed by atoms with Crippen molar-refractivity contribution in [3.05, 3.63) is 40.9 Å². The number of rotatable bonds is 8. The molecular weight excluding hydrogens is 317 g/mol. The van der Waals surface area contributed by atoms with E-state index in [-0.39, 0.29) is 19.4 Å². The second-order valence-corrected chi connectivity index (χ2v) is 4.97. The molecule has 5 nitrogen and oxygen atoms in total. The molecule has 0 saturated heterocycles. The minimum atomic E-state index is -1.10. The number of carbonyl (C=O) groups excluding carboxylic acids is 1. The number of ether oxygens (including phenoxy) is 1. The molecule has 0 spiro atoms. The Morgan fingerprint density at radius 1 is 1.38 bits per heavy atom. The molecule has 2 N–H and O–H groups in total. The van der Waals surface area contributed by atoms with Gasteiger partial charge in [0.05, 0.1) is 23.1 Å². The van der Waals surface area contributed by atoms with E-state index in [1.54, 1.807) is 18.2 Å². The smallest absolute Gasteiger partial charge is 0.326 e. The van der Waals surface area contributed by atoms with Gasteiger partial charge >= 0.3 is 5.97 Å². The number of nitrogens with one attached hydrogen (secondary N) is 1. The summed E-state index contributed by atoms with van der Waals surface area (Å²) in [5.74, 6) is -1.03. The molecule has 0 aliphatic heterocycles. The molecule has 1 unspecified atom stereocenters. The molecule has 0 heterocycles. The molecule has 0 radical (unpaired) electrons. The third-order valence-corrected chi connectivity index (χ3v) is 3.26. The van der Waals surface area contributed by atoms with Gasteiger partial charge in [0.2, 0.25) is 5.91 Å². The van der Waals surface area contributed by atoms with Crippen LogP contribution in [-0.2, 0) is 9.59 Å². The van der Waals surface area contributed by atoms with Crippen LogP contribution < -0.4 is 10.1 Å². The largest absolute Gasteiger partial charge is 0.493 e. The SMILES string of the molecule is C=CCC(NC(=O)CCOc1ccc(Cl)c(Cl)c1)C(=O)O. The van der Waals surface area contributed by atoms with Gasteiger partial charge in [0, 0.05) is 6.07 Å². The Bertz CT molecular complexity index is 534. The van der Waals surface area contributed by atoms with Crippen LogP contribution in [0.5, 0.6) is 5.75 Å². The van der Waals surface area contributed by atoms with Gasteiger partial charge < -0.3 is 15.2 Å². The Kier molecular flexibility index (Phi) is 7.05. The topological polar surface area (TPSA) is 75.6 Å². The Balaban J connectivity index is 2.40. The monoisotopic (exact) mass is 331 g/mol. The average molecular weight is 332 g/mol. The zero-order valence-corrected chi connectivity index (χ0v) is 12.7. The maximum absolute atomic E-state index is 11.6. The van der Waals surface area contributed by atoms with Crippen molar-refractivity contribution in [1.29, 1.82) is 0 Å². The molecule has 0 aliphatic carbocycles. The Hall–Kier alpha value is -1.72. The van der Waals surface area contributed by atoms with E-state index < -0.39 is 17.9 Å². The third-order valence-electron chi connectivity index (χ3n) is 2.52. The lowest BCUT2D eigenvalue weighted by Crippen LogP contribution is -2.40. The van der Waals surface area contributed by atoms with Crippen molar-refractivity contribution in [3.8, 4) is 5.75 Å². The summed E-state index contributed by atoms with van der Waals surface area (Å²) in [4.78, 5) is 22.5. The van der Waals surface area contributed by atoms with E-state index in [1.165, 1.54) is 6.08 Å². The van der Waals surface area contributed by atoms with E-state index in [4.69, 9.17) is 33.0 Å². The van der Waals surface area contributed by atoms with Gasteiger partial charge in [-0.05, 0) is 18.6 Å².